The molecule has 0 unspecified atom stereocenters. The summed E-state index contributed by atoms with van der Waals surface area (Å²) in [5, 5.41) is 0. The van der Waals surface area contributed by atoms with Crippen LogP contribution >= 0.6 is 0 Å². The van der Waals surface area contributed by atoms with Crippen molar-refractivity contribution in [3.63, 3.8) is 0 Å². The molecule has 1 saturated heterocycles. The first-order valence-electron chi connectivity index (χ1n) is 8.46. The lowest BCUT2D eigenvalue weighted by Crippen LogP contribution is -2.37. The molecule has 2 aromatic carbocycles. The molecular formula is C20H25NO2. The van der Waals surface area contributed by atoms with Crippen molar-refractivity contribution in [1.82, 2.24) is 4.90 Å². The van der Waals surface area contributed by atoms with E-state index in [1.807, 2.05) is 6.07 Å². The fourth-order valence-electron chi connectivity index (χ4n) is 2.90. The van der Waals surface area contributed by atoms with Crippen LogP contribution in [0.25, 0.3) is 0 Å². The molecule has 3 rings (SSSR count). The number of nitrogens with zero attached hydrogens (tertiary/aromatic N) is 1. The van der Waals surface area contributed by atoms with Crippen molar-refractivity contribution < 1.29 is 9.47 Å². The Labute approximate surface area is 138 Å². The molecule has 0 saturated carbocycles. The summed E-state index contributed by atoms with van der Waals surface area (Å²) in [4.78, 5) is 2.45. The molecule has 2 aromatic rings. The van der Waals surface area contributed by atoms with Gasteiger partial charge in [0.1, 0.15) is 5.75 Å². The van der Waals surface area contributed by atoms with E-state index in [1.54, 1.807) is 0 Å². The van der Waals surface area contributed by atoms with Gasteiger partial charge in [-0.25, -0.2) is 0 Å². The Bertz CT molecular complexity index is 579. The maximum Gasteiger partial charge on any atom is 0.122 e. The molecule has 3 nitrogen and oxygen atoms in total. The van der Waals surface area contributed by atoms with Crippen LogP contribution < -0.4 is 4.74 Å². The normalized spacial score (nSPS) is 15.5. The number of ether oxygens (including phenoxy) is 2. The minimum Gasteiger partial charge on any atom is -0.493 e. The monoisotopic (exact) mass is 311 g/mol. The lowest BCUT2D eigenvalue weighted by Gasteiger charge is -2.26. The van der Waals surface area contributed by atoms with E-state index in [0.29, 0.717) is 0 Å². The second-order valence-corrected chi connectivity index (χ2v) is 5.93. The Morgan fingerprint density at radius 2 is 1.65 bits per heavy atom. The van der Waals surface area contributed by atoms with Crippen LogP contribution in [-0.2, 0) is 11.2 Å². The van der Waals surface area contributed by atoms with Gasteiger partial charge in [0.25, 0.3) is 0 Å². The molecule has 1 fully saturated rings. The molecule has 0 spiro atoms. The Morgan fingerprint density at radius 3 is 2.48 bits per heavy atom. The molecule has 0 amide bonds. The molecule has 1 heterocycles. The highest BCUT2D eigenvalue weighted by Gasteiger charge is 2.10. The standard InChI is InChI=1S/C20H25NO2/c1-2-7-18(8-3-1)17-19-9-4-5-10-20(19)23-14-6-11-21-12-15-22-16-13-21/h1-5,7-10H,6,11-17H2. The van der Waals surface area contributed by atoms with Crippen molar-refractivity contribution in [3.8, 4) is 5.75 Å². The van der Waals surface area contributed by atoms with Gasteiger partial charge in [-0.1, -0.05) is 48.5 Å². The van der Waals surface area contributed by atoms with Gasteiger partial charge in [0.2, 0.25) is 0 Å². The lowest BCUT2D eigenvalue weighted by atomic mass is 10.0. The number of hydrogen-bond donors (Lipinski definition) is 0. The zero-order valence-electron chi connectivity index (χ0n) is 13.6. The Morgan fingerprint density at radius 1 is 0.913 bits per heavy atom. The molecule has 3 heteroatoms. The fourth-order valence-corrected chi connectivity index (χ4v) is 2.90. The van der Waals surface area contributed by atoms with Gasteiger partial charge in [0.15, 0.2) is 0 Å². The molecule has 0 radical (unpaired) electrons. The van der Waals surface area contributed by atoms with E-state index in [2.05, 4.69) is 53.4 Å². The van der Waals surface area contributed by atoms with Crippen LogP contribution in [0.1, 0.15) is 17.5 Å². The van der Waals surface area contributed by atoms with Crippen molar-refractivity contribution in [1.29, 1.82) is 0 Å². The minimum absolute atomic E-state index is 0.767. The minimum atomic E-state index is 0.767. The predicted octanol–water partition coefficient (Wildman–Crippen LogP) is 3.38. The second kappa shape index (κ2) is 8.70. The maximum atomic E-state index is 6.04. The van der Waals surface area contributed by atoms with E-state index in [1.165, 1.54) is 11.1 Å². The van der Waals surface area contributed by atoms with Gasteiger partial charge in [-0.15, -0.1) is 0 Å². The summed E-state index contributed by atoms with van der Waals surface area (Å²) >= 11 is 0. The van der Waals surface area contributed by atoms with E-state index in [-0.39, 0.29) is 0 Å². The Hall–Kier alpha value is -1.84. The third kappa shape index (κ3) is 5.08. The van der Waals surface area contributed by atoms with Crippen LogP contribution in [0.2, 0.25) is 0 Å². The Balaban J connectivity index is 1.49. The summed E-state index contributed by atoms with van der Waals surface area (Å²) in [7, 11) is 0. The summed E-state index contributed by atoms with van der Waals surface area (Å²) < 4.78 is 11.4. The number of morpholine rings is 1. The quantitative estimate of drug-likeness (QED) is 0.732. The van der Waals surface area contributed by atoms with Crippen molar-refractivity contribution in [2.24, 2.45) is 0 Å². The number of benzene rings is 2. The summed E-state index contributed by atoms with van der Waals surface area (Å²) in [6.07, 6.45) is 1.97. The third-order valence-electron chi connectivity index (χ3n) is 4.19. The maximum absolute atomic E-state index is 6.04. The molecule has 0 bridgehead atoms. The second-order valence-electron chi connectivity index (χ2n) is 5.93. The molecule has 1 aliphatic rings. The summed E-state index contributed by atoms with van der Waals surface area (Å²) in [6, 6.07) is 18.9. The number of para-hydroxylation sites is 1. The zero-order valence-corrected chi connectivity index (χ0v) is 13.6. The highest BCUT2D eigenvalue weighted by atomic mass is 16.5. The van der Waals surface area contributed by atoms with Crippen molar-refractivity contribution in [2.45, 2.75) is 12.8 Å². The smallest absolute Gasteiger partial charge is 0.122 e. The van der Waals surface area contributed by atoms with E-state index >= 15 is 0 Å². The molecule has 0 atom stereocenters. The first-order chi connectivity index (χ1) is 11.4. The topological polar surface area (TPSA) is 21.7 Å². The SMILES string of the molecule is c1ccc(Cc2ccccc2OCCCN2CCOCC2)cc1. The van der Waals surface area contributed by atoms with Crippen LogP contribution in [0.3, 0.4) is 0 Å². The van der Waals surface area contributed by atoms with Crippen LogP contribution in [0, 0.1) is 0 Å². The van der Waals surface area contributed by atoms with E-state index in [4.69, 9.17) is 9.47 Å². The molecule has 1 aliphatic heterocycles. The molecule has 0 N–H and O–H groups in total. The van der Waals surface area contributed by atoms with Gasteiger partial charge >= 0.3 is 0 Å². The van der Waals surface area contributed by atoms with Gasteiger partial charge in [0.05, 0.1) is 19.8 Å². The molecule has 23 heavy (non-hydrogen) atoms. The van der Waals surface area contributed by atoms with Crippen molar-refractivity contribution in [2.75, 3.05) is 39.5 Å². The first kappa shape index (κ1) is 16.0. The zero-order chi connectivity index (χ0) is 15.7. The van der Waals surface area contributed by atoms with Gasteiger partial charge in [-0.2, -0.15) is 0 Å². The van der Waals surface area contributed by atoms with Crippen molar-refractivity contribution >= 4 is 0 Å². The fraction of sp³-hybridized carbons (Fsp3) is 0.400. The largest absolute Gasteiger partial charge is 0.493 e. The number of rotatable bonds is 7. The van der Waals surface area contributed by atoms with Crippen molar-refractivity contribution in [3.05, 3.63) is 65.7 Å². The Kier molecular flexibility index (Phi) is 6.07. The van der Waals surface area contributed by atoms with Gasteiger partial charge < -0.3 is 9.47 Å². The predicted molar refractivity (Wildman–Crippen MR) is 93.1 cm³/mol. The third-order valence-corrected chi connectivity index (χ3v) is 4.19. The van der Waals surface area contributed by atoms with E-state index in [9.17, 15) is 0 Å². The van der Waals surface area contributed by atoms with Gasteiger partial charge in [-0.3, -0.25) is 4.90 Å². The molecule has 0 aliphatic carbocycles. The molecule has 0 aromatic heterocycles. The summed E-state index contributed by atoms with van der Waals surface area (Å²) in [5.41, 5.74) is 2.57. The number of hydrogen-bond acceptors (Lipinski definition) is 3. The summed E-state index contributed by atoms with van der Waals surface area (Å²) in [6.45, 7) is 5.67. The average Bonchev–Trinajstić information content (AvgIpc) is 2.62. The highest BCUT2D eigenvalue weighted by molar-refractivity contribution is 5.37. The molecular weight excluding hydrogens is 286 g/mol. The van der Waals surface area contributed by atoms with Gasteiger partial charge in [0, 0.05) is 26.1 Å². The van der Waals surface area contributed by atoms with Crippen LogP contribution in [0.15, 0.2) is 54.6 Å². The van der Waals surface area contributed by atoms with E-state index < -0.39 is 0 Å². The lowest BCUT2D eigenvalue weighted by molar-refractivity contribution is 0.0358. The first-order valence-corrected chi connectivity index (χ1v) is 8.46. The average molecular weight is 311 g/mol. The van der Waals surface area contributed by atoms with Gasteiger partial charge in [-0.05, 0) is 23.6 Å². The van der Waals surface area contributed by atoms with Crippen LogP contribution in [-0.4, -0.2) is 44.4 Å². The highest BCUT2D eigenvalue weighted by Crippen LogP contribution is 2.21. The van der Waals surface area contributed by atoms with Crippen LogP contribution in [0.4, 0.5) is 0 Å². The summed E-state index contributed by atoms with van der Waals surface area (Å²) in [5.74, 6) is 1.01. The van der Waals surface area contributed by atoms with Crippen LogP contribution in [0.5, 0.6) is 5.75 Å². The molecule has 122 valence electrons. The van der Waals surface area contributed by atoms with E-state index in [0.717, 1.165) is 58.0 Å².